The van der Waals surface area contributed by atoms with Gasteiger partial charge in [-0.05, 0) is 43.4 Å². The van der Waals surface area contributed by atoms with Crippen LogP contribution in [0, 0.1) is 13.8 Å². The van der Waals surface area contributed by atoms with E-state index in [2.05, 4.69) is 6.07 Å². The molecule has 1 saturated carbocycles. The van der Waals surface area contributed by atoms with Gasteiger partial charge in [0.25, 0.3) is 0 Å². The van der Waals surface area contributed by atoms with Gasteiger partial charge in [-0.2, -0.15) is 0 Å². The Hall–Kier alpha value is -1.02. The van der Waals surface area contributed by atoms with Crippen LogP contribution in [0.25, 0.3) is 0 Å². The molecule has 2 rings (SSSR count). The number of phenolic OH excluding ortho intramolecular Hbond substituents is 1. The van der Waals surface area contributed by atoms with Crippen LogP contribution in [0.3, 0.4) is 0 Å². The maximum atomic E-state index is 9.83. The van der Waals surface area contributed by atoms with Crippen LogP contribution < -0.4 is 5.73 Å². The molecular weight excluding hydrogens is 174 g/mol. The van der Waals surface area contributed by atoms with Crippen molar-refractivity contribution in [2.45, 2.75) is 32.1 Å². The van der Waals surface area contributed by atoms with E-state index in [1.165, 1.54) is 5.56 Å². The van der Waals surface area contributed by atoms with E-state index in [0.717, 1.165) is 24.0 Å². The summed E-state index contributed by atoms with van der Waals surface area (Å²) in [6.45, 7) is 4.60. The van der Waals surface area contributed by atoms with Gasteiger partial charge in [0.15, 0.2) is 0 Å². The lowest BCUT2D eigenvalue weighted by molar-refractivity contribution is 0.464. The fourth-order valence-electron chi connectivity index (χ4n) is 2.14. The van der Waals surface area contributed by atoms with Crippen LogP contribution in [0.15, 0.2) is 12.1 Å². The fourth-order valence-corrected chi connectivity index (χ4v) is 2.14. The summed E-state index contributed by atoms with van der Waals surface area (Å²) in [5.41, 5.74) is 9.14. The van der Waals surface area contributed by atoms with Crippen LogP contribution in [0.4, 0.5) is 0 Å². The van der Waals surface area contributed by atoms with Gasteiger partial charge in [0, 0.05) is 12.0 Å². The van der Waals surface area contributed by atoms with Crippen molar-refractivity contribution in [1.82, 2.24) is 0 Å². The quantitative estimate of drug-likeness (QED) is 0.751. The molecule has 1 fully saturated rings. The Balaban J connectivity index is 2.50. The molecule has 0 heterocycles. The zero-order chi connectivity index (χ0) is 10.3. The van der Waals surface area contributed by atoms with E-state index >= 15 is 0 Å². The van der Waals surface area contributed by atoms with Crippen LogP contribution in [0.5, 0.6) is 5.75 Å². The van der Waals surface area contributed by atoms with Gasteiger partial charge in [-0.3, -0.25) is 0 Å². The van der Waals surface area contributed by atoms with E-state index in [1.54, 1.807) is 0 Å². The lowest BCUT2D eigenvalue weighted by Crippen LogP contribution is -2.20. The molecule has 1 aromatic rings. The fraction of sp³-hybridized carbons (Fsp3) is 0.500. The van der Waals surface area contributed by atoms with Crippen molar-refractivity contribution in [3.05, 3.63) is 28.8 Å². The molecule has 1 aliphatic rings. The summed E-state index contributed by atoms with van der Waals surface area (Å²) in [5.74, 6) is 0.433. The van der Waals surface area contributed by atoms with Gasteiger partial charge >= 0.3 is 0 Å². The molecule has 0 bridgehead atoms. The Morgan fingerprint density at radius 1 is 1.36 bits per heavy atom. The zero-order valence-corrected chi connectivity index (χ0v) is 8.80. The average Bonchev–Trinajstić information content (AvgIpc) is 2.95. The van der Waals surface area contributed by atoms with Gasteiger partial charge < -0.3 is 10.8 Å². The van der Waals surface area contributed by atoms with Gasteiger partial charge in [-0.25, -0.2) is 0 Å². The van der Waals surface area contributed by atoms with E-state index in [4.69, 9.17) is 5.73 Å². The molecular formula is C12H17NO. The molecule has 2 heteroatoms. The predicted molar refractivity (Wildman–Crippen MR) is 57.5 cm³/mol. The molecule has 0 radical (unpaired) electrons. The minimum atomic E-state index is 0.176. The zero-order valence-electron chi connectivity index (χ0n) is 8.80. The molecule has 2 nitrogen and oxygen atoms in total. The third kappa shape index (κ3) is 1.22. The van der Waals surface area contributed by atoms with Crippen molar-refractivity contribution >= 4 is 0 Å². The van der Waals surface area contributed by atoms with E-state index in [9.17, 15) is 5.11 Å². The minimum Gasteiger partial charge on any atom is -0.507 e. The molecule has 3 N–H and O–H groups in total. The third-order valence-electron chi connectivity index (χ3n) is 3.45. The molecule has 1 aliphatic carbocycles. The Morgan fingerprint density at radius 3 is 2.50 bits per heavy atom. The summed E-state index contributed by atoms with van der Waals surface area (Å²) in [4.78, 5) is 0. The minimum absolute atomic E-state index is 0.176. The SMILES string of the molecule is Cc1ccc(C2(CN)CC2)c(C)c1O. The van der Waals surface area contributed by atoms with Crippen molar-refractivity contribution in [1.29, 1.82) is 0 Å². The second-order valence-electron chi connectivity index (χ2n) is 4.39. The highest BCUT2D eigenvalue weighted by atomic mass is 16.3. The van der Waals surface area contributed by atoms with Crippen LogP contribution >= 0.6 is 0 Å². The Kier molecular flexibility index (Phi) is 2.04. The Bertz CT molecular complexity index is 367. The van der Waals surface area contributed by atoms with Crippen LogP contribution in [0.1, 0.15) is 29.5 Å². The first-order chi connectivity index (χ1) is 6.60. The van der Waals surface area contributed by atoms with Gasteiger partial charge in [0.1, 0.15) is 5.75 Å². The van der Waals surface area contributed by atoms with Crippen molar-refractivity contribution in [3.63, 3.8) is 0 Å². The lowest BCUT2D eigenvalue weighted by Gasteiger charge is -2.17. The number of aromatic hydroxyl groups is 1. The summed E-state index contributed by atoms with van der Waals surface area (Å²) in [5, 5.41) is 9.83. The maximum Gasteiger partial charge on any atom is 0.121 e. The first kappa shape index (κ1) is 9.53. The van der Waals surface area contributed by atoms with Gasteiger partial charge in [0.2, 0.25) is 0 Å². The van der Waals surface area contributed by atoms with Crippen molar-refractivity contribution in [2.24, 2.45) is 5.73 Å². The van der Waals surface area contributed by atoms with Gasteiger partial charge in [-0.1, -0.05) is 12.1 Å². The smallest absolute Gasteiger partial charge is 0.121 e. The van der Waals surface area contributed by atoms with Crippen LogP contribution in [-0.4, -0.2) is 11.7 Å². The molecule has 0 atom stereocenters. The van der Waals surface area contributed by atoms with E-state index in [-0.39, 0.29) is 5.41 Å². The average molecular weight is 191 g/mol. The summed E-state index contributed by atoms with van der Waals surface area (Å²) >= 11 is 0. The number of benzene rings is 1. The standard InChI is InChI=1S/C12H17NO/c1-8-3-4-10(9(2)11(8)14)12(7-13)5-6-12/h3-4,14H,5-7,13H2,1-2H3. The summed E-state index contributed by atoms with van der Waals surface area (Å²) in [7, 11) is 0. The molecule has 0 aliphatic heterocycles. The highest BCUT2D eigenvalue weighted by Crippen LogP contribution is 2.49. The summed E-state index contributed by atoms with van der Waals surface area (Å²) in [6, 6.07) is 4.09. The topological polar surface area (TPSA) is 46.2 Å². The Morgan fingerprint density at radius 2 is 2.00 bits per heavy atom. The molecule has 0 unspecified atom stereocenters. The number of nitrogens with two attached hydrogens (primary N) is 1. The number of hydrogen-bond donors (Lipinski definition) is 2. The largest absolute Gasteiger partial charge is 0.507 e. The van der Waals surface area contributed by atoms with Crippen molar-refractivity contribution in [3.8, 4) is 5.75 Å². The van der Waals surface area contributed by atoms with E-state index in [0.29, 0.717) is 12.3 Å². The summed E-state index contributed by atoms with van der Waals surface area (Å²) < 4.78 is 0. The molecule has 0 saturated heterocycles. The second kappa shape index (κ2) is 2.99. The summed E-state index contributed by atoms with van der Waals surface area (Å²) in [6.07, 6.45) is 2.32. The van der Waals surface area contributed by atoms with E-state index in [1.807, 2.05) is 19.9 Å². The number of aryl methyl sites for hydroxylation is 1. The highest BCUT2D eigenvalue weighted by molar-refractivity contribution is 5.49. The number of phenols is 1. The molecule has 0 aromatic heterocycles. The van der Waals surface area contributed by atoms with Gasteiger partial charge in [0.05, 0.1) is 0 Å². The lowest BCUT2D eigenvalue weighted by atomic mass is 9.90. The highest BCUT2D eigenvalue weighted by Gasteiger charge is 2.44. The van der Waals surface area contributed by atoms with Crippen molar-refractivity contribution < 1.29 is 5.11 Å². The molecule has 0 amide bonds. The normalized spacial score (nSPS) is 18.2. The maximum absolute atomic E-state index is 9.83. The molecule has 76 valence electrons. The van der Waals surface area contributed by atoms with Crippen LogP contribution in [0.2, 0.25) is 0 Å². The first-order valence-corrected chi connectivity index (χ1v) is 5.10. The number of hydrogen-bond acceptors (Lipinski definition) is 2. The monoisotopic (exact) mass is 191 g/mol. The first-order valence-electron chi connectivity index (χ1n) is 5.10. The molecule has 0 spiro atoms. The van der Waals surface area contributed by atoms with E-state index < -0.39 is 0 Å². The molecule has 1 aromatic carbocycles. The molecule has 14 heavy (non-hydrogen) atoms. The Labute approximate surface area is 84.7 Å². The third-order valence-corrected chi connectivity index (χ3v) is 3.45. The predicted octanol–water partition coefficient (Wildman–Crippen LogP) is 2.00. The van der Waals surface area contributed by atoms with Crippen molar-refractivity contribution in [2.75, 3.05) is 6.54 Å². The van der Waals surface area contributed by atoms with Gasteiger partial charge in [-0.15, -0.1) is 0 Å². The second-order valence-corrected chi connectivity index (χ2v) is 4.39. The number of rotatable bonds is 2. The van der Waals surface area contributed by atoms with Crippen LogP contribution in [-0.2, 0) is 5.41 Å².